The summed E-state index contributed by atoms with van der Waals surface area (Å²) in [6.45, 7) is 1.79. The van der Waals surface area contributed by atoms with Crippen molar-refractivity contribution in [1.29, 1.82) is 0 Å². The molecular weight excluding hydrogens is 260 g/mol. The van der Waals surface area contributed by atoms with Gasteiger partial charge in [-0.3, -0.25) is 4.79 Å². The number of hydrogen-bond acceptors (Lipinski definition) is 2. The molecule has 19 heavy (non-hydrogen) atoms. The minimum atomic E-state index is -0.338. The topological polar surface area (TPSA) is 55.1 Å². The summed E-state index contributed by atoms with van der Waals surface area (Å²) in [7, 11) is 0. The van der Waals surface area contributed by atoms with Crippen molar-refractivity contribution in [3.63, 3.8) is 0 Å². The summed E-state index contributed by atoms with van der Waals surface area (Å²) in [5.41, 5.74) is 7.89. The van der Waals surface area contributed by atoms with Crippen LogP contribution in [-0.4, -0.2) is 5.91 Å². The summed E-state index contributed by atoms with van der Waals surface area (Å²) < 4.78 is 0. The van der Waals surface area contributed by atoms with Gasteiger partial charge in [-0.1, -0.05) is 35.9 Å². The maximum Gasteiger partial charge on any atom is 0.224 e. The highest BCUT2D eigenvalue weighted by Crippen LogP contribution is 2.26. The van der Waals surface area contributed by atoms with Crippen LogP contribution in [0.1, 0.15) is 18.4 Å². The highest BCUT2D eigenvalue weighted by atomic mass is 35.5. The van der Waals surface area contributed by atoms with Crippen LogP contribution in [-0.2, 0) is 4.79 Å². The lowest BCUT2D eigenvalue weighted by molar-refractivity contribution is -0.119. The first-order valence-electron chi connectivity index (χ1n) is 5.99. The van der Waals surface area contributed by atoms with Gasteiger partial charge >= 0.3 is 0 Å². The fourth-order valence-electron chi connectivity index (χ4n) is 1.77. The SMILES string of the molecule is CC(C(N)=O)c1cccc(Nc2ccccc2Cl)c1. The number of primary amides is 1. The first kappa shape index (κ1) is 13.4. The van der Waals surface area contributed by atoms with E-state index >= 15 is 0 Å². The molecule has 0 aromatic heterocycles. The predicted molar refractivity (Wildman–Crippen MR) is 78.8 cm³/mol. The van der Waals surface area contributed by atoms with Gasteiger partial charge in [0.15, 0.2) is 0 Å². The van der Waals surface area contributed by atoms with Crippen LogP contribution >= 0.6 is 11.6 Å². The van der Waals surface area contributed by atoms with Crippen LogP contribution in [0.4, 0.5) is 11.4 Å². The molecule has 0 aliphatic rings. The monoisotopic (exact) mass is 274 g/mol. The van der Waals surface area contributed by atoms with E-state index in [1.54, 1.807) is 6.92 Å². The number of hydrogen-bond donors (Lipinski definition) is 2. The Bertz CT molecular complexity index is 598. The normalized spacial score (nSPS) is 11.9. The summed E-state index contributed by atoms with van der Waals surface area (Å²) in [6.07, 6.45) is 0. The Morgan fingerprint density at radius 1 is 1.21 bits per heavy atom. The number of halogens is 1. The molecule has 0 spiro atoms. The van der Waals surface area contributed by atoms with Crippen LogP contribution in [0, 0.1) is 0 Å². The first-order valence-corrected chi connectivity index (χ1v) is 6.36. The van der Waals surface area contributed by atoms with Crippen molar-refractivity contribution in [3.05, 3.63) is 59.1 Å². The molecule has 0 aliphatic heterocycles. The zero-order valence-corrected chi connectivity index (χ0v) is 11.3. The predicted octanol–water partition coefficient (Wildman–Crippen LogP) is 3.67. The Kier molecular flexibility index (Phi) is 4.07. The maximum absolute atomic E-state index is 11.2. The lowest BCUT2D eigenvalue weighted by Crippen LogP contribution is -2.18. The van der Waals surface area contributed by atoms with E-state index in [2.05, 4.69) is 5.32 Å². The van der Waals surface area contributed by atoms with Crippen LogP contribution in [0.15, 0.2) is 48.5 Å². The molecule has 0 heterocycles. The minimum Gasteiger partial charge on any atom is -0.369 e. The maximum atomic E-state index is 11.2. The Morgan fingerprint density at radius 2 is 1.95 bits per heavy atom. The molecule has 0 aliphatic carbocycles. The van der Waals surface area contributed by atoms with Gasteiger partial charge in [0.2, 0.25) is 5.91 Å². The third kappa shape index (κ3) is 3.26. The smallest absolute Gasteiger partial charge is 0.224 e. The van der Waals surface area contributed by atoms with Gasteiger partial charge in [0.05, 0.1) is 16.6 Å². The zero-order chi connectivity index (χ0) is 13.8. The van der Waals surface area contributed by atoms with Gasteiger partial charge in [-0.25, -0.2) is 0 Å². The van der Waals surface area contributed by atoms with Crippen molar-refractivity contribution in [3.8, 4) is 0 Å². The molecule has 1 atom stereocenters. The summed E-state index contributed by atoms with van der Waals surface area (Å²) in [5, 5.41) is 3.87. The van der Waals surface area contributed by atoms with Crippen molar-refractivity contribution < 1.29 is 4.79 Å². The van der Waals surface area contributed by atoms with Crippen LogP contribution in [0.3, 0.4) is 0 Å². The van der Waals surface area contributed by atoms with Gasteiger partial charge in [-0.05, 0) is 36.8 Å². The Hall–Kier alpha value is -2.00. The van der Waals surface area contributed by atoms with Crippen molar-refractivity contribution in [2.24, 2.45) is 5.73 Å². The first-order chi connectivity index (χ1) is 9.08. The Labute approximate surface area is 117 Å². The molecule has 4 heteroatoms. The lowest BCUT2D eigenvalue weighted by atomic mass is 10.0. The number of nitrogens with two attached hydrogens (primary N) is 1. The van der Waals surface area contributed by atoms with E-state index in [-0.39, 0.29) is 11.8 Å². The van der Waals surface area contributed by atoms with E-state index in [0.717, 1.165) is 16.9 Å². The molecule has 0 saturated heterocycles. The molecule has 3 nitrogen and oxygen atoms in total. The highest BCUT2D eigenvalue weighted by molar-refractivity contribution is 6.33. The lowest BCUT2D eigenvalue weighted by Gasteiger charge is -2.12. The van der Waals surface area contributed by atoms with Crippen LogP contribution in [0.25, 0.3) is 0 Å². The molecule has 3 N–H and O–H groups in total. The summed E-state index contributed by atoms with van der Waals surface area (Å²) in [6, 6.07) is 15.1. The second-order valence-corrected chi connectivity index (χ2v) is 4.76. The third-order valence-corrected chi connectivity index (χ3v) is 3.30. The minimum absolute atomic E-state index is 0.312. The second kappa shape index (κ2) is 5.76. The van der Waals surface area contributed by atoms with Crippen molar-refractivity contribution in [2.45, 2.75) is 12.8 Å². The van der Waals surface area contributed by atoms with Gasteiger partial charge in [-0.15, -0.1) is 0 Å². The molecule has 2 aromatic rings. The van der Waals surface area contributed by atoms with Crippen LogP contribution in [0.2, 0.25) is 5.02 Å². The molecule has 2 aromatic carbocycles. The molecule has 1 amide bonds. The number of carbonyl (C=O) groups excluding carboxylic acids is 1. The highest BCUT2D eigenvalue weighted by Gasteiger charge is 2.11. The molecule has 2 rings (SSSR count). The molecule has 0 radical (unpaired) electrons. The molecule has 0 fully saturated rings. The van der Waals surface area contributed by atoms with Crippen molar-refractivity contribution in [1.82, 2.24) is 0 Å². The number of rotatable bonds is 4. The summed E-state index contributed by atoms with van der Waals surface area (Å²) in [5.74, 6) is -0.650. The van der Waals surface area contributed by atoms with Crippen molar-refractivity contribution >= 4 is 28.9 Å². The van der Waals surface area contributed by atoms with Crippen LogP contribution in [0.5, 0.6) is 0 Å². The number of carbonyl (C=O) groups is 1. The average molecular weight is 275 g/mol. The van der Waals surface area contributed by atoms with Gasteiger partial charge < -0.3 is 11.1 Å². The fourth-order valence-corrected chi connectivity index (χ4v) is 1.95. The standard InChI is InChI=1S/C15H15ClN2O/c1-10(15(17)19)11-5-4-6-12(9-11)18-14-8-3-2-7-13(14)16/h2-10,18H,1H3,(H2,17,19). The van der Waals surface area contributed by atoms with Crippen molar-refractivity contribution in [2.75, 3.05) is 5.32 Å². The van der Waals surface area contributed by atoms with Crippen LogP contribution < -0.4 is 11.1 Å². The van der Waals surface area contributed by atoms with E-state index < -0.39 is 0 Å². The molecule has 0 bridgehead atoms. The van der Waals surface area contributed by atoms with Gasteiger partial charge in [-0.2, -0.15) is 0 Å². The number of amides is 1. The second-order valence-electron chi connectivity index (χ2n) is 4.35. The fraction of sp³-hybridized carbons (Fsp3) is 0.133. The van der Waals surface area contributed by atoms with E-state index in [9.17, 15) is 4.79 Å². The number of para-hydroxylation sites is 1. The Morgan fingerprint density at radius 3 is 2.63 bits per heavy atom. The van der Waals surface area contributed by atoms with Gasteiger partial charge in [0.1, 0.15) is 0 Å². The molecule has 98 valence electrons. The number of nitrogens with one attached hydrogen (secondary N) is 1. The van der Waals surface area contributed by atoms with E-state index in [4.69, 9.17) is 17.3 Å². The molecular formula is C15H15ClN2O. The van der Waals surface area contributed by atoms with Gasteiger partial charge in [0, 0.05) is 5.69 Å². The molecule has 1 unspecified atom stereocenters. The Balaban J connectivity index is 2.25. The molecule has 0 saturated carbocycles. The van der Waals surface area contributed by atoms with E-state index in [1.807, 2.05) is 48.5 Å². The average Bonchev–Trinajstić information content (AvgIpc) is 2.41. The largest absolute Gasteiger partial charge is 0.369 e. The number of benzene rings is 2. The van der Waals surface area contributed by atoms with E-state index in [0.29, 0.717) is 5.02 Å². The zero-order valence-electron chi connectivity index (χ0n) is 10.6. The van der Waals surface area contributed by atoms with Gasteiger partial charge in [0.25, 0.3) is 0 Å². The summed E-state index contributed by atoms with van der Waals surface area (Å²) in [4.78, 5) is 11.2. The third-order valence-electron chi connectivity index (χ3n) is 2.97. The summed E-state index contributed by atoms with van der Waals surface area (Å²) >= 11 is 6.09. The number of anilines is 2. The van der Waals surface area contributed by atoms with E-state index in [1.165, 1.54) is 0 Å². The quantitative estimate of drug-likeness (QED) is 0.894.